The molecule has 0 spiro atoms. The number of carbonyl (C=O) groups excluding carboxylic acids is 2. The van der Waals surface area contributed by atoms with Gasteiger partial charge in [-0.1, -0.05) is 36.4 Å². The molecule has 0 bridgehead atoms. The first-order valence-corrected chi connectivity index (χ1v) is 8.64. The molecular formula is C20H18O3S. The summed E-state index contributed by atoms with van der Waals surface area (Å²) < 4.78 is 0. The van der Waals surface area contributed by atoms with E-state index in [1.165, 1.54) is 12.2 Å². The van der Waals surface area contributed by atoms with Gasteiger partial charge >= 0.3 is 0 Å². The van der Waals surface area contributed by atoms with E-state index in [4.69, 9.17) is 0 Å². The third kappa shape index (κ3) is 5.89. The molecule has 4 heteroatoms. The Morgan fingerprint density at radius 2 is 1.33 bits per heavy atom. The molecule has 0 amide bonds. The number of hydrogen-bond donors (Lipinski definition) is 1. The van der Waals surface area contributed by atoms with Crippen molar-refractivity contribution in [3.8, 4) is 5.75 Å². The molecule has 0 atom stereocenters. The standard InChI is InChI=1S/C20H18O3S/c1-24-20-12-6-16(7-13-20)5-11-19(23)14-18(22)10-4-15-2-8-17(21)9-3-15/h2-13,21H,14H2,1H3/b10-4+,11-5+. The van der Waals surface area contributed by atoms with Gasteiger partial charge in [0, 0.05) is 4.90 Å². The van der Waals surface area contributed by atoms with Gasteiger partial charge in [0.2, 0.25) is 0 Å². The molecule has 0 saturated carbocycles. The molecule has 0 saturated heterocycles. The van der Waals surface area contributed by atoms with Crippen LogP contribution < -0.4 is 0 Å². The summed E-state index contributed by atoms with van der Waals surface area (Å²) in [5, 5.41) is 9.19. The van der Waals surface area contributed by atoms with Crippen LogP contribution in [0.3, 0.4) is 0 Å². The molecule has 1 N–H and O–H groups in total. The molecule has 0 fully saturated rings. The third-order valence-electron chi connectivity index (χ3n) is 3.28. The number of hydrogen-bond acceptors (Lipinski definition) is 4. The average Bonchev–Trinajstić information content (AvgIpc) is 2.60. The van der Waals surface area contributed by atoms with Crippen molar-refractivity contribution in [2.24, 2.45) is 0 Å². The van der Waals surface area contributed by atoms with Crippen LogP contribution in [0, 0.1) is 0 Å². The number of aromatic hydroxyl groups is 1. The summed E-state index contributed by atoms with van der Waals surface area (Å²) in [4.78, 5) is 24.8. The summed E-state index contributed by atoms with van der Waals surface area (Å²) >= 11 is 1.66. The summed E-state index contributed by atoms with van der Waals surface area (Å²) in [6.07, 6.45) is 7.99. The number of phenolic OH excluding ortho intramolecular Hbond substituents is 1. The van der Waals surface area contributed by atoms with Crippen LogP contribution in [-0.2, 0) is 9.59 Å². The Labute approximate surface area is 145 Å². The minimum Gasteiger partial charge on any atom is -0.508 e. The Morgan fingerprint density at radius 1 is 0.875 bits per heavy atom. The van der Waals surface area contributed by atoms with Crippen LogP contribution in [0.2, 0.25) is 0 Å². The first-order valence-electron chi connectivity index (χ1n) is 7.42. The van der Waals surface area contributed by atoms with Crippen LogP contribution >= 0.6 is 11.8 Å². The second-order valence-corrected chi connectivity index (χ2v) is 6.02. The van der Waals surface area contributed by atoms with E-state index in [0.717, 1.165) is 16.0 Å². The molecule has 0 aromatic heterocycles. The summed E-state index contributed by atoms with van der Waals surface area (Å²) in [5.41, 5.74) is 1.71. The van der Waals surface area contributed by atoms with Crippen LogP contribution in [0.15, 0.2) is 65.6 Å². The van der Waals surface area contributed by atoms with Crippen molar-refractivity contribution in [1.82, 2.24) is 0 Å². The number of phenols is 1. The van der Waals surface area contributed by atoms with Crippen LogP contribution in [0.1, 0.15) is 17.5 Å². The molecule has 0 aliphatic heterocycles. The Morgan fingerprint density at radius 3 is 1.79 bits per heavy atom. The molecule has 0 unspecified atom stereocenters. The zero-order chi connectivity index (χ0) is 17.4. The minimum absolute atomic E-state index is 0.159. The van der Waals surface area contributed by atoms with Crippen molar-refractivity contribution < 1.29 is 14.7 Å². The predicted molar refractivity (Wildman–Crippen MR) is 99.0 cm³/mol. The summed E-state index contributed by atoms with van der Waals surface area (Å²) in [6.45, 7) is 0. The van der Waals surface area contributed by atoms with Gasteiger partial charge in [-0.3, -0.25) is 9.59 Å². The molecule has 0 aliphatic rings. The molecular weight excluding hydrogens is 320 g/mol. The van der Waals surface area contributed by atoms with E-state index in [9.17, 15) is 14.7 Å². The highest BCUT2D eigenvalue weighted by atomic mass is 32.2. The van der Waals surface area contributed by atoms with Crippen LogP contribution in [0.25, 0.3) is 12.2 Å². The highest BCUT2D eigenvalue weighted by Crippen LogP contribution is 2.15. The van der Waals surface area contributed by atoms with Crippen molar-refractivity contribution in [2.75, 3.05) is 6.26 Å². The second kappa shape index (κ2) is 8.89. The Kier molecular flexibility index (Phi) is 6.58. The van der Waals surface area contributed by atoms with Gasteiger partial charge in [-0.05, 0) is 53.8 Å². The lowest BCUT2D eigenvalue weighted by Crippen LogP contribution is -2.01. The van der Waals surface area contributed by atoms with Gasteiger partial charge in [0.25, 0.3) is 0 Å². The van der Waals surface area contributed by atoms with Gasteiger partial charge in [-0.2, -0.15) is 0 Å². The van der Waals surface area contributed by atoms with E-state index in [0.29, 0.717) is 0 Å². The van der Waals surface area contributed by atoms with Gasteiger partial charge in [0.05, 0.1) is 6.42 Å². The highest BCUT2D eigenvalue weighted by molar-refractivity contribution is 7.98. The first kappa shape index (κ1) is 17.8. The number of rotatable bonds is 7. The molecule has 0 heterocycles. The van der Waals surface area contributed by atoms with E-state index in [2.05, 4.69) is 0 Å². The molecule has 3 nitrogen and oxygen atoms in total. The smallest absolute Gasteiger partial charge is 0.163 e. The fourth-order valence-corrected chi connectivity index (χ4v) is 2.38. The predicted octanol–water partition coefficient (Wildman–Crippen LogP) is 4.37. The van der Waals surface area contributed by atoms with Gasteiger partial charge in [-0.15, -0.1) is 11.8 Å². The maximum atomic E-state index is 11.8. The highest BCUT2D eigenvalue weighted by Gasteiger charge is 2.03. The second-order valence-electron chi connectivity index (χ2n) is 5.14. The third-order valence-corrected chi connectivity index (χ3v) is 4.02. The zero-order valence-electron chi connectivity index (χ0n) is 13.3. The minimum atomic E-state index is -0.254. The Hall–Kier alpha value is -2.59. The van der Waals surface area contributed by atoms with E-state index in [1.54, 1.807) is 48.2 Å². The monoisotopic (exact) mass is 338 g/mol. The van der Waals surface area contributed by atoms with Gasteiger partial charge < -0.3 is 5.11 Å². The van der Waals surface area contributed by atoms with Crippen LogP contribution in [-0.4, -0.2) is 22.9 Å². The SMILES string of the molecule is CSc1ccc(/C=C/C(=O)CC(=O)/C=C/c2ccc(O)cc2)cc1. The molecule has 2 rings (SSSR count). The van der Waals surface area contributed by atoms with Crippen molar-refractivity contribution in [3.05, 3.63) is 71.8 Å². The maximum absolute atomic E-state index is 11.8. The van der Waals surface area contributed by atoms with Gasteiger partial charge in [-0.25, -0.2) is 0 Å². The zero-order valence-corrected chi connectivity index (χ0v) is 14.1. The van der Waals surface area contributed by atoms with Crippen molar-refractivity contribution >= 4 is 35.5 Å². The summed E-state index contributed by atoms with van der Waals surface area (Å²) in [6, 6.07) is 14.3. The Balaban J connectivity index is 1.87. The summed E-state index contributed by atoms with van der Waals surface area (Å²) in [7, 11) is 0. The van der Waals surface area contributed by atoms with Crippen molar-refractivity contribution in [1.29, 1.82) is 0 Å². The maximum Gasteiger partial charge on any atom is 0.163 e. The lowest BCUT2D eigenvalue weighted by molar-refractivity contribution is -0.121. The number of thioether (sulfide) groups is 1. The molecule has 0 radical (unpaired) electrons. The topological polar surface area (TPSA) is 54.4 Å². The molecule has 122 valence electrons. The first-order chi connectivity index (χ1) is 11.6. The largest absolute Gasteiger partial charge is 0.508 e. The fourth-order valence-electron chi connectivity index (χ4n) is 1.97. The van der Waals surface area contributed by atoms with Gasteiger partial charge in [0.15, 0.2) is 11.6 Å². The van der Waals surface area contributed by atoms with E-state index in [-0.39, 0.29) is 23.7 Å². The van der Waals surface area contributed by atoms with E-state index >= 15 is 0 Å². The lowest BCUT2D eigenvalue weighted by atomic mass is 10.1. The summed E-state index contributed by atoms with van der Waals surface area (Å²) in [5.74, 6) is -0.316. The molecule has 2 aromatic carbocycles. The fraction of sp³-hybridized carbons (Fsp3) is 0.100. The molecule has 24 heavy (non-hydrogen) atoms. The van der Waals surface area contributed by atoms with Crippen LogP contribution in [0.4, 0.5) is 0 Å². The molecule has 2 aromatic rings. The quantitative estimate of drug-likeness (QED) is 0.463. The number of allylic oxidation sites excluding steroid dienone is 2. The van der Waals surface area contributed by atoms with Crippen molar-refractivity contribution in [2.45, 2.75) is 11.3 Å². The number of carbonyl (C=O) groups is 2. The average molecular weight is 338 g/mol. The van der Waals surface area contributed by atoms with Crippen LogP contribution in [0.5, 0.6) is 5.75 Å². The van der Waals surface area contributed by atoms with Gasteiger partial charge in [0.1, 0.15) is 5.75 Å². The van der Waals surface area contributed by atoms with E-state index < -0.39 is 0 Å². The van der Waals surface area contributed by atoms with Crippen molar-refractivity contribution in [3.63, 3.8) is 0 Å². The lowest BCUT2D eigenvalue weighted by Gasteiger charge is -1.97. The number of benzene rings is 2. The normalized spacial score (nSPS) is 11.2. The van der Waals surface area contributed by atoms with E-state index in [1.807, 2.05) is 30.5 Å². The molecule has 0 aliphatic carbocycles. The number of ketones is 2. The Bertz CT molecular complexity index is 756.